The summed E-state index contributed by atoms with van der Waals surface area (Å²) < 4.78 is 0. The average molecular weight is 258 g/mol. The third-order valence-corrected chi connectivity index (χ3v) is 3.67. The number of phenolic OH excluding ortho intramolecular Hbond substituents is 1. The summed E-state index contributed by atoms with van der Waals surface area (Å²) in [6, 6.07) is 7.15. The number of aryl methyl sites for hydroxylation is 1. The topological polar surface area (TPSA) is 73.1 Å². The molecule has 0 heterocycles. The summed E-state index contributed by atoms with van der Waals surface area (Å²) >= 11 is 0. The smallest absolute Gasteiger partial charge is 0.256 e. The summed E-state index contributed by atoms with van der Waals surface area (Å²) in [6.45, 7) is 1.85. The van der Waals surface area contributed by atoms with Crippen molar-refractivity contribution >= 4 is 5.91 Å². The molecular formula is C15H18N2O2. The highest BCUT2D eigenvalue weighted by Gasteiger charge is 2.34. The number of amides is 1. The second-order valence-corrected chi connectivity index (χ2v) is 5.23. The fourth-order valence-electron chi connectivity index (χ4n) is 2.54. The number of carbonyl (C=O) groups is 1. The van der Waals surface area contributed by atoms with Crippen molar-refractivity contribution < 1.29 is 9.90 Å². The van der Waals surface area contributed by atoms with E-state index in [1.54, 1.807) is 18.2 Å². The SMILES string of the molecule is Cc1ccc(C(=O)NC2(C#N)CCCCC2)c(O)c1. The number of nitriles is 1. The maximum absolute atomic E-state index is 12.2. The van der Waals surface area contributed by atoms with Crippen LogP contribution in [0.1, 0.15) is 48.0 Å². The van der Waals surface area contributed by atoms with E-state index in [0.717, 1.165) is 24.8 Å². The van der Waals surface area contributed by atoms with E-state index in [-0.39, 0.29) is 17.2 Å². The Hall–Kier alpha value is -2.02. The summed E-state index contributed by atoms with van der Waals surface area (Å²) in [6.07, 6.45) is 4.38. The Morgan fingerprint density at radius 2 is 2.05 bits per heavy atom. The van der Waals surface area contributed by atoms with Crippen LogP contribution < -0.4 is 5.32 Å². The molecule has 0 atom stereocenters. The van der Waals surface area contributed by atoms with Gasteiger partial charge < -0.3 is 10.4 Å². The second-order valence-electron chi connectivity index (χ2n) is 5.23. The van der Waals surface area contributed by atoms with Crippen LogP contribution in [-0.2, 0) is 0 Å². The van der Waals surface area contributed by atoms with E-state index in [1.807, 2.05) is 6.92 Å². The molecule has 1 aliphatic rings. The van der Waals surface area contributed by atoms with Crippen molar-refractivity contribution in [3.05, 3.63) is 29.3 Å². The molecule has 1 aromatic carbocycles. The van der Waals surface area contributed by atoms with Crippen LogP contribution in [0, 0.1) is 18.3 Å². The average Bonchev–Trinajstić information content (AvgIpc) is 2.39. The van der Waals surface area contributed by atoms with E-state index in [9.17, 15) is 15.2 Å². The van der Waals surface area contributed by atoms with Crippen molar-refractivity contribution in [2.75, 3.05) is 0 Å². The van der Waals surface area contributed by atoms with Crippen molar-refractivity contribution in [1.29, 1.82) is 5.26 Å². The van der Waals surface area contributed by atoms with Crippen molar-refractivity contribution in [1.82, 2.24) is 5.32 Å². The maximum atomic E-state index is 12.2. The number of hydrogen-bond acceptors (Lipinski definition) is 3. The molecule has 100 valence electrons. The highest BCUT2D eigenvalue weighted by molar-refractivity contribution is 5.97. The maximum Gasteiger partial charge on any atom is 0.256 e. The lowest BCUT2D eigenvalue weighted by molar-refractivity contribution is 0.0900. The summed E-state index contributed by atoms with van der Waals surface area (Å²) in [5, 5.41) is 21.9. The van der Waals surface area contributed by atoms with Crippen LogP contribution in [0.3, 0.4) is 0 Å². The minimum atomic E-state index is -0.771. The third-order valence-electron chi connectivity index (χ3n) is 3.67. The molecule has 0 spiro atoms. The van der Waals surface area contributed by atoms with E-state index in [2.05, 4.69) is 11.4 Å². The fraction of sp³-hybridized carbons (Fsp3) is 0.467. The molecule has 1 aliphatic carbocycles. The van der Waals surface area contributed by atoms with Gasteiger partial charge >= 0.3 is 0 Å². The Morgan fingerprint density at radius 1 is 1.37 bits per heavy atom. The molecule has 4 heteroatoms. The number of phenols is 1. The number of hydrogen-bond donors (Lipinski definition) is 2. The Labute approximate surface area is 113 Å². The van der Waals surface area contributed by atoms with Crippen LogP contribution in [-0.4, -0.2) is 16.6 Å². The van der Waals surface area contributed by atoms with Crippen molar-refractivity contribution in [3.63, 3.8) is 0 Å². The highest BCUT2D eigenvalue weighted by atomic mass is 16.3. The standard InChI is InChI=1S/C15H18N2O2/c1-11-5-6-12(13(18)9-11)14(19)17-15(10-16)7-3-2-4-8-15/h5-6,9,18H,2-4,7-8H2,1H3,(H,17,19). The van der Waals surface area contributed by atoms with Gasteiger partial charge in [0, 0.05) is 0 Å². The van der Waals surface area contributed by atoms with Gasteiger partial charge in [0.25, 0.3) is 5.91 Å². The van der Waals surface area contributed by atoms with Gasteiger partial charge in [-0.3, -0.25) is 4.79 Å². The zero-order chi connectivity index (χ0) is 13.9. The van der Waals surface area contributed by atoms with E-state index in [4.69, 9.17) is 0 Å². The molecule has 0 aromatic heterocycles. The van der Waals surface area contributed by atoms with Crippen LogP contribution in [0.15, 0.2) is 18.2 Å². The van der Waals surface area contributed by atoms with Crippen molar-refractivity contribution in [2.45, 2.75) is 44.6 Å². The van der Waals surface area contributed by atoms with Crippen LogP contribution in [0.25, 0.3) is 0 Å². The van der Waals surface area contributed by atoms with E-state index in [1.165, 1.54) is 0 Å². The first-order valence-electron chi connectivity index (χ1n) is 6.60. The Balaban J connectivity index is 2.18. The number of benzene rings is 1. The Bertz CT molecular complexity index is 525. The van der Waals surface area contributed by atoms with E-state index < -0.39 is 5.54 Å². The van der Waals surface area contributed by atoms with Crippen LogP contribution in [0.4, 0.5) is 0 Å². The molecule has 19 heavy (non-hydrogen) atoms. The quantitative estimate of drug-likeness (QED) is 0.856. The largest absolute Gasteiger partial charge is 0.507 e. The molecule has 0 unspecified atom stereocenters. The highest BCUT2D eigenvalue weighted by Crippen LogP contribution is 2.28. The Morgan fingerprint density at radius 3 is 2.63 bits per heavy atom. The van der Waals surface area contributed by atoms with E-state index in [0.29, 0.717) is 12.8 Å². The number of carbonyl (C=O) groups excluding carboxylic acids is 1. The second kappa shape index (κ2) is 5.31. The summed E-state index contributed by atoms with van der Waals surface area (Å²) in [5.41, 5.74) is 0.347. The zero-order valence-corrected chi connectivity index (χ0v) is 11.1. The van der Waals surface area contributed by atoms with Crippen LogP contribution >= 0.6 is 0 Å². The normalized spacial score (nSPS) is 17.5. The minimum absolute atomic E-state index is 0.0404. The summed E-state index contributed by atoms with van der Waals surface area (Å²) in [5.74, 6) is -0.414. The molecule has 2 N–H and O–H groups in total. The molecular weight excluding hydrogens is 240 g/mol. The van der Waals surface area contributed by atoms with Gasteiger partial charge in [0.2, 0.25) is 0 Å². The van der Waals surface area contributed by atoms with E-state index >= 15 is 0 Å². The number of nitrogens with one attached hydrogen (secondary N) is 1. The molecule has 0 bridgehead atoms. The molecule has 0 radical (unpaired) electrons. The Kier molecular flexibility index (Phi) is 3.75. The zero-order valence-electron chi connectivity index (χ0n) is 11.1. The lowest BCUT2D eigenvalue weighted by Gasteiger charge is -2.31. The molecule has 4 nitrogen and oxygen atoms in total. The lowest BCUT2D eigenvalue weighted by Crippen LogP contribution is -2.48. The monoisotopic (exact) mass is 258 g/mol. The summed E-state index contributed by atoms with van der Waals surface area (Å²) in [7, 11) is 0. The van der Waals surface area contributed by atoms with Gasteiger partial charge in [0.05, 0.1) is 11.6 Å². The van der Waals surface area contributed by atoms with Crippen LogP contribution in [0.2, 0.25) is 0 Å². The van der Waals surface area contributed by atoms with Gasteiger partial charge in [0.1, 0.15) is 11.3 Å². The van der Waals surface area contributed by atoms with Crippen molar-refractivity contribution in [2.24, 2.45) is 0 Å². The van der Waals surface area contributed by atoms with Gasteiger partial charge in [-0.25, -0.2) is 0 Å². The molecule has 1 aromatic rings. The molecule has 1 amide bonds. The number of aromatic hydroxyl groups is 1. The van der Waals surface area contributed by atoms with Crippen molar-refractivity contribution in [3.8, 4) is 11.8 Å². The van der Waals surface area contributed by atoms with Gasteiger partial charge in [0.15, 0.2) is 0 Å². The fourth-order valence-corrected chi connectivity index (χ4v) is 2.54. The predicted molar refractivity (Wildman–Crippen MR) is 71.7 cm³/mol. The van der Waals surface area contributed by atoms with Gasteiger partial charge in [-0.05, 0) is 37.5 Å². The molecule has 2 rings (SSSR count). The first-order chi connectivity index (χ1) is 9.06. The van der Waals surface area contributed by atoms with Gasteiger partial charge in [-0.15, -0.1) is 0 Å². The molecule has 1 saturated carbocycles. The number of rotatable bonds is 2. The molecule has 1 fully saturated rings. The van der Waals surface area contributed by atoms with Gasteiger partial charge in [-0.1, -0.05) is 25.3 Å². The minimum Gasteiger partial charge on any atom is -0.507 e. The number of nitrogens with zero attached hydrogens (tertiary/aromatic N) is 1. The molecule has 0 aliphatic heterocycles. The van der Waals surface area contributed by atoms with Crippen LogP contribution in [0.5, 0.6) is 5.75 Å². The van der Waals surface area contributed by atoms with Gasteiger partial charge in [-0.2, -0.15) is 5.26 Å². The first-order valence-corrected chi connectivity index (χ1v) is 6.60. The summed E-state index contributed by atoms with van der Waals surface area (Å²) in [4.78, 5) is 12.2. The third kappa shape index (κ3) is 2.87. The molecule has 0 saturated heterocycles. The first kappa shape index (κ1) is 13.4. The predicted octanol–water partition coefficient (Wildman–Crippen LogP) is 2.66. The lowest BCUT2D eigenvalue weighted by atomic mass is 9.82.